The molecule has 0 saturated heterocycles. The monoisotopic (exact) mass is 426 g/mol. The molecule has 2 saturated carbocycles. The molecule has 6 nitrogen and oxygen atoms in total. The van der Waals surface area contributed by atoms with Crippen LogP contribution in [-0.2, 0) is 19.0 Å². The number of aliphatic hydroxyl groups is 2. The highest BCUT2D eigenvalue weighted by molar-refractivity contribution is 5.90. The van der Waals surface area contributed by atoms with E-state index in [1.165, 1.54) is 0 Å². The minimum atomic E-state index is -1.28. The number of methoxy groups -OCH3 is 2. The molecule has 2 fully saturated rings. The first-order valence-corrected chi connectivity index (χ1v) is 11.2. The number of hydrogen-bond donors (Lipinski definition) is 2. The lowest BCUT2D eigenvalue weighted by atomic mass is 9.61. The van der Waals surface area contributed by atoms with Crippen LogP contribution in [0.5, 0.6) is 0 Å². The predicted octanol–water partition coefficient (Wildman–Crippen LogP) is 3.21. The van der Waals surface area contributed by atoms with E-state index in [-0.39, 0.29) is 49.5 Å². The van der Waals surface area contributed by atoms with Gasteiger partial charge in [0.15, 0.2) is 0 Å². The van der Waals surface area contributed by atoms with Crippen molar-refractivity contribution in [1.29, 1.82) is 0 Å². The minimum Gasteiger partial charge on any atom is -0.396 e. The predicted molar refractivity (Wildman–Crippen MR) is 116 cm³/mol. The first kappa shape index (κ1) is 25.5. The van der Waals surface area contributed by atoms with Crippen LogP contribution in [0, 0.1) is 35.0 Å². The van der Waals surface area contributed by atoms with Crippen molar-refractivity contribution in [2.45, 2.75) is 64.6 Å². The Morgan fingerprint density at radius 3 is 2.37 bits per heavy atom. The van der Waals surface area contributed by atoms with Crippen molar-refractivity contribution in [2.24, 2.45) is 35.0 Å². The van der Waals surface area contributed by atoms with E-state index in [0.29, 0.717) is 12.8 Å². The van der Waals surface area contributed by atoms with Crippen molar-refractivity contribution in [3.8, 4) is 0 Å². The maximum Gasteiger partial charge on any atom is 0.148 e. The Labute approximate surface area is 182 Å². The molecule has 0 unspecified atom stereocenters. The number of rotatable bonds is 11. The number of hydrogen-bond acceptors (Lipinski definition) is 6. The smallest absolute Gasteiger partial charge is 0.148 e. The first-order valence-electron chi connectivity index (χ1n) is 11.2. The van der Waals surface area contributed by atoms with E-state index in [4.69, 9.17) is 14.2 Å². The third kappa shape index (κ3) is 4.02. The lowest BCUT2D eigenvalue weighted by Gasteiger charge is -2.46. The Balaban J connectivity index is 2.55. The molecule has 174 valence electrons. The zero-order valence-electron chi connectivity index (χ0n) is 19.6. The fourth-order valence-corrected chi connectivity index (χ4v) is 6.25. The summed E-state index contributed by atoms with van der Waals surface area (Å²) >= 11 is 0. The van der Waals surface area contributed by atoms with Gasteiger partial charge < -0.3 is 24.4 Å². The first-order chi connectivity index (χ1) is 14.1. The fraction of sp³-hybridized carbons (Fsp3) is 0.875. The van der Waals surface area contributed by atoms with Crippen molar-refractivity contribution >= 4 is 5.78 Å². The summed E-state index contributed by atoms with van der Waals surface area (Å²) in [6, 6.07) is 0. The van der Waals surface area contributed by atoms with E-state index in [9.17, 15) is 15.0 Å². The molecule has 0 amide bonds. The van der Waals surface area contributed by atoms with Gasteiger partial charge in [-0.25, -0.2) is 0 Å². The van der Waals surface area contributed by atoms with Crippen LogP contribution in [-0.4, -0.2) is 61.4 Å². The molecule has 30 heavy (non-hydrogen) atoms. The van der Waals surface area contributed by atoms with E-state index in [1.54, 1.807) is 20.3 Å². The molecule has 2 N–H and O–H groups in total. The number of ketones is 1. The largest absolute Gasteiger partial charge is 0.396 e. The van der Waals surface area contributed by atoms with Crippen LogP contribution < -0.4 is 0 Å². The summed E-state index contributed by atoms with van der Waals surface area (Å²) < 4.78 is 16.9. The lowest BCUT2D eigenvalue weighted by molar-refractivity contribution is -0.188. The maximum absolute atomic E-state index is 14.3. The zero-order valence-corrected chi connectivity index (χ0v) is 19.6. The van der Waals surface area contributed by atoms with E-state index in [1.807, 2.05) is 13.8 Å². The van der Waals surface area contributed by atoms with Crippen molar-refractivity contribution < 1.29 is 29.2 Å². The van der Waals surface area contributed by atoms with Gasteiger partial charge in [-0.2, -0.15) is 0 Å². The molecule has 0 aromatic carbocycles. The van der Waals surface area contributed by atoms with Crippen LogP contribution in [0.15, 0.2) is 12.7 Å². The molecule has 0 radical (unpaired) electrons. The van der Waals surface area contributed by atoms with Gasteiger partial charge in [0.05, 0.1) is 23.5 Å². The summed E-state index contributed by atoms with van der Waals surface area (Å²) in [5, 5.41) is 21.6. The molecule has 0 aromatic heterocycles. The Bertz CT molecular complexity index is 607. The molecular formula is C24H42O6. The van der Waals surface area contributed by atoms with Gasteiger partial charge in [-0.15, -0.1) is 6.58 Å². The number of Topliss-reactive ketones (excluding diaryl/α,β-unsaturated/α-hetero) is 1. The minimum absolute atomic E-state index is 0.00114. The van der Waals surface area contributed by atoms with Crippen LogP contribution in [0.3, 0.4) is 0 Å². The van der Waals surface area contributed by atoms with E-state index >= 15 is 0 Å². The van der Waals surface area contributed by atoms with Crippen LogP contribution in [0.2, 0.25) is 0 Å². The highest BCUT2D eigenvalue weighted by Crippen LogP contribution is 2.58. The van der Waals surface area contributed by atoms with Crippen LogP contribution in [0.25, 0.3) is 0 Å². The van der Waals surface area contributed by atoms with Gasteiger partial charge in [0.25, 0.3) is 0 Å². The summed E-state index contributed by atoms with van der Waals surface area (Å²) in [5.41, 5.74) is -3.09. The standard InChI is InChI=1S/C24H42O6/c1-8-24(27)19(16(2)3)10-11-22(24,5)21(26)20-18(17(4)13-25)9-12-23(20,14-28-6)30-15-29-7/h8,16-20,25,27H,1,9-15H2,2-7H3/t17-,18-,19-,20+,22+,23-,24-/m0/s1. The Hall–Kier alpha value is -0.790. The highest BCUT2D eigenvalue weighted by atomic mass is 16.7. The van der Waals surface area contributed by atoms with Gasteiger partial charge in [0.2, 0.25) is 0 Å². The summed E-state index contributed by atoms with van der Waals surface area (Å²) in [4.78, 5) is 14.3. The van der Waals surface area contributed by atoms with Gasteiger partial charge in [0, 0.05) is 20.8 Å². The summed E-state index contributed by atoms with van der Waals surface area (Å²) in [6.45, 7) is 12.3. The zero-order chi connectivity index (χ0) is 22.7. The van der Waals surface area contributed by atoms with Gasteiger partial charge in [0.1, 0.15) is 18.2 Å². The molecule has 0 heterocycles. The van der Waals surface area contributed by atoms with Crippen molar-refractivity contribution in [2.75, 3.05) is 34.2 Å². The number of carbonyl (C=O) groups excluding carboxylic acids is 1. The Morgan fingerprint density at radius 1 is 1.20 bits per heavy atom. The van der Waals surface area contributed by atoms with Gasteiger partial charge >= 0.3 is 0 Å². The third-order valence-electron chi connectivity index (χ3n) is 8.11. The van der Waals surface area contributed by atoms with E-state index in [2.05, 4.69) is 20.4 Å². The normalized spacial score (nSPS) is 40.1. The molecule has 0 aliphatic heterocycles. The molecule has 0 bridgehead atoms. The van der Waals surface area contributed by atoms with Gasteiger partial charge in [-0.3, -0.25) is 4.79 Å². The summed E-state index contributed by atoms with van der Waals surface area (Å²) in [6.07, 6.45) is 4.34. The Morgan fingerprint density at radius 2 is 1.87 bits per heavy atom. The maximum atomic E-state index is 14.3. The molecule has 7 atom stereocenters. The Kier molecular flexibility index (Phi) is 8.30. The highest BCUT2D eigenvalue weighted by Gasteiger charge is 2.65. The quantitative estimate of drug-likeness (QED) is 0.390. The second-order valence-corrected chi connectivity index (χ2v) is 10.0. The fourth-order valence-electron chi connectivity index (χ4n) is 6.25. The molecule has 2 aliphatic carbocycles. The number of carbonyl (C=O) groups is 1. The van der Waals surface area contributed by atoms with Crippen LogP contribution in [0.4, 0.5) is 0 Å². The molecule has 2 rings (SSSR count). The SMILES string of the molecule is C=C[C@]1(O)[C@H](C(C)C)CC[C@]1(C)C(=O)[C@H]1[C@H]([C@@H](C)CO)CC[C@@]1(COC)OCOC. The second-order valence-electron chi connectivity index (χ2n) is 10.0. The summed E-state index contributed by atoms with van der Waals surface area (Å²) in [5.74, 6) is -0.436. The second kappa shape index (κ2) is 9.78. The number of ether oxygens (including phenoxy) is 3. The van der Waals surface area contributed by atoms with Crippen molar-refractivity contribution in [3.05, 3.63) is 12.7 Å². The van der Waals surface area contributed by atoms with E-state index in [0.717, 1.165) is 12.8 Å². The molecular weight excluding hydrogens is 384 g/mol. The van der Waals surface area contributed by atoms with Crippen molar-refractivity contribution in [1.82, 2.24) is 0 Å². The number of aliphatic hydroxyl groups excluding tert-OH is 1. The van der Waals surface area contributed by atoms with Crippen LogP contribution >= 0.6 is 0 Å². The average molecular weight is 427 g/mol. The molecule has 0 spiro atoms. The van der Waals surface area contributed by atoms with E-state index < -0.39 is 22.5 Å². The summed E-state index contributed by atoms with van der Waals surface area (Å²) in [7, 11) is 3.16. The van der Waals surface area contributed by atoms with Crippen molar-refractivity contribution in [3.63, 3.8) is 0 Å². The average Bonchev–Trinajstić information content (AvgIpc) is 3.22. The van der Waals surface area contributed by atoms with Crippen LogP contribution in [0.1, 0.15) is 53.4 Å². The lowest BCUT2D eigenvalue weighted by Crippen LogP contribution is -2.58. The third-order valence-corrected chi connectivity index (χ3v) is 8.11. The van der Waals surface area contributed by atoms with Gasteiger partial charge in [-0.1, -0.05) is 26.8 Å². The topological polar surface area (TPSA) is 85.2 Å². The molecule has 0 aromatic rings. The van der Waals surface area contributed by atoms with Gasteiger partial charge in [-0.05, 0) is 56.3 Å². The molecule has 2 aliphatic rings. The molecule has 6 heteroatoms.